The molecule has 0 aromatic carbocycles. The van der Waals surface area contributed by atoms with Crippen LogP contribution < -0.4 is 11.3 Å². The van der Waals surface area contributed by atoms with Crippen LogP contribution in [-0.4, -0.2) is 9.55 Å². The molecule has 2 aromatic heterocycles. The molecule has 0 unspecified atom stereocenters. The monoisotopic (exact) mass is 207 g/mol. The molecular formula is C9H9N3OS. The van der Waals surface area contributed by atoms with Crippen molar-refractivity contribution in [2.75, 3.05) is 0 Å². The van der Waals surface area contributed by atoms with Crippen molar-refractivity contribution in [1.82, 2.24) is 9.55 Å². The van der Waals surface area contributed by atoms with Crippen LogP contribution in [0.25, 0.3) is 10.2 Å². The second-order valence-corrected chi connectivity index (χ2v) is 4.36. The summed E-state index contributed by atoms with van der Waals surface area (Å²) < 4.78 is 1.69. The Balaban J connectivity index is 2.47. The van der Waals surface area contributed by atoms with E-state index in [0.29, 0.717) is 11.9 Å². The third-order valence-electron chi connectivity index (χ3n) is 2.61. The topological polar surface area (TPSA) is 60.9 Å². The summed E-state index contributed by atoms with van der Waals surface area (Å²) in [6, 6.07) is 1.75. The average Bonchev–Trinajstić information content (AvgIpc) is 2.75. The summed E-state index contributed by atoms with van der Waals surface area (Å²) in [5, 5.41) is 2.60. The van der Waals surface area contributed by atoms with Crippen molar-refractivity contribution < 1.29 is 0 Å². The van der Waals surface area contributed by atoms with Gasteiger partial charge in [0.05, 0.1) is 11.4 Å². The zero-order valence-corrected chi connectivity index (χ0v) is 8.25. The Bertz CT molecular complexity index is 557. The number of fused-ring (bicyclic) bond motifs is 2. The minimum atomic E-state index is -0.0748. The van der Waals surface area contributed by atoms with Gasteiger partial charge in [0.1, 0.15) is 10.7 Å². The lowest BCUT2D eigenvalue weighted by Gasteiger charge is -2.03. The highest BCUT2D eigenvalue weighted by molar-refractivity contribution is 7.16. The van der Waals surface area contributed by atoms with Crippen molar-refractivity contribution in [1.29, 1.82) is 0 Å². The Morgan fingerprint density at radius 3 is 3.36 bits per heavy atom. The molecule has 0 saturated carbocycles. The van der Waals surface area contributed by atoms with Crippen LogP contribution in [0.3, 0.4) is 0 Å². The van der Waals surface area contributed by atoms with Crippen LogP contribution in [0.15, 0.2) is 16.2 Å². The van der Waals surface area contributed by atoms with Gasteiger partial charge in [-0.3, -0.25) is 9.36 Å². The summed E-state index contributed by atoms with van der Waals surface area (Å²) in [7, 11) is 0. The number of aromatic nitrogens is 2. The number of rotatable bonds is 0. The molecule has 0 radical (unpaired) electrons. The first-order valence-electron chi connectivity index (χ1n) is 4.51. The second-order valence-electron chi connectivity index (χ2n) is 3.46. The van der Waals surface area contributed by atoms with Gasteiger partial charge in [-0.15, -0.1) is 11.3 Å². The molecule has 1 aliphatic heterocycles. The van der Waals surface area contributed by atoms with Crippen LogP contribution in [0.5, 0.6) is 0 Å². The molecule has 2 aromatic rings. The maximum atomic E-state index is 11.9. The maximum absolute atomic E-state index is 11.9. The summed E-state index contributed by atoms with van der Waals surface area (Å²) in [5.41, 5.74) is 5.91. The van der Waals surface area contributed by atoms with Gasteiger partial charge in [-0.1, -0.05) is 0 Å². The summed E-state index contributed by atoms with van der Waals surface area (Å²) in [6.45, 7) is 0.702. The maximum Gasteiger partial charge on any atom is 0.262 e. The van der Waals surface area contributed by atoms with E-state index >= 15 is 0 Å². The van der Waals surface area contributed by atoms with E-state index in [1.807, 2.05) is 11.4 Å². The van der Waals surface area contributed by atoms with E-state index in [9.17, 15) is 4.79 Å². The highest BCUT2D eigenvalue weighted by Crippen LogP contribution is 2.23. The predicted octanol–water partition coefficient (Wildman–Crippen LogP) is 0.862. The van der Waals surface area contributed by atoms with E-state index in [4.69, 9.17) is 5.73 Å². The SMILES string of the molecule is N[C@@H]1CCn2c1nc1sccc1c2=O. The third-order valence-corrected chi connectivity index (χ3v) is 3.41. The van der Waals surface area contributed by atoms with Gasteiger partial charge in [0, 0.05) is 6.54 Å². The first-order valence-corrected chi connectivity index (χ1v) is 5.39. The van der Waals surface area contributed by atoms with Crippen molar-refractivity contribution in [3.05, 3.63) is 27.6 Å². The van der Waals surface area contributed by atoms with Crippen LogP contribution in [0, 0.1) is 0 Å². The zero-order valence-electron chi connectivity index (χ0n) is 7.43. The molecule has 5 heteroatoms. The number of thiophene rings is 1. The number of nitrogens with zero attached hydrogens (tertiary/aromatic N) is 2. The van der Waals surface area contributed by atoms with Crippen molar-refractivity contribution in [3.8, 4) is 0 Å². The Hall–Kier alpha value is -1.20. The van der Waals surface area contributed by atoms with Gasteiger partial charge in [-0.2, -0.15) is 0 Å². The van der Waals surface area contributed by atoms with Gasteiger partial charge in [-0.05, 0) is 17.9 Å². The lowest BCUT2D eigenvalue weighted by atomic mass is 10.3. The smallest absolute Gasteiger partial charge is 0.262 e. The van der Waals surface area contributed by atoms with Gasteiger partial charge < -0.3 is 5.73 Å². The third kappa shape index (κ3) is 0.908. The van der Waals surface area contributed by atoms with Gasteiger partial charge >= 0.3 is 0 Å². The molecule has 4 nitrogen and oxygen atoms in total. The molecule has 3 rings (SSSR count). The molecular weight excluding hydrogens is 198 g/mol. The second kappa shape index (κ2) is 2.65. The lowest BCUT2D eigenvalue weighted by Crippen LogP contribution is -2.21. The normalized spacial score (nSPS) is 20.2. The van der Waals surface area contributed by atoms with E-state index in [1.54, 1.807) is 4.57 Å². The van der Waals surface area contributed by atoms with Gasteiger partial charge in [0.25, 0.3) is 5.56 Å². The molecule has 0 aliphatic carbocycles. The fraction of sp³-hybridized carbons (Fsp3) is 0.333. The molecule has 0 saturated heterocycles. The van der Waals surface area contributed by atoms with Crippen LogP contribution in [0.4, 0.5) is 0 Å². The lowest BCUT2D eigenvalue weighted by molar-refractivity contribution is 0.679. The van der Waals surface area contributed by atoms with Gasteiger partial charge in [0.15, 0.2) is 0 Å². The summed E-state index contributed by atoms with van der Waals surface area (Å²) in [5.74, 6) is 0.741. The highest BCUT2D eigenvalue weighted by Gasteiger charge is 2.23. The molecule has 1 atom stereocenters. The largest absolute Gasteiger partial charge is 0.321 e. The standard InChI is InChI=1S/C9H9N3OS/c10-6-1-3-12-7(6)11-8-5(9(12)13)2-4-14-8/h2,4,6H,1,3,10H2/t6-/m1/s1. The molecule has 0 bridgehead atoms. The van der Waals surface area contributed by atoms with Crippen molar-refractivity contribution in [2.24, 2.45) is 5.73 Å². The molecule has 72 valence electrons. The molecule has 1 aliphatic rings. The van der Waals surface area contributed by atoms with Crippen LogP contribution in [0.2, 0.25) is 0 Å². The predicted molar refractivity (Wildman–Crippen MR) is 55.4 cm³/mol. The van der Waals surface area contributed by atoms with Crippen LogP contribution in [0.1, 0.15) is 18.3 Å². The van der Waals surface area contributed by atoms with Crippen LogP contribution >= 0.6 is 11.3 Å². The minimum Gasteiger partial charge on any atom is -0.321 e. The van der Waals surface area contributed by atoms with E-state index in [-0.39, 0.29) is 11.6 Å². The first-order chi connectivity index (χ1) is 6.77. The average molecular weight is 207 g/mol. The van der Waals surface area contributed by atoms with E-state index in [2.05, 4.69) is 4.98 Å². The fourth-order valence-corrected chi connectivity index (χ4v) is 2.62. The molecule has 14 heavy (non-hydrogen) atoms. The van der Waals surface area contributed by atoms with Crippen molar-refractivity contribution >= 4 is 21.6 Å². The number of nitrogens with two attached hydrogens (primary N) is 1. The Morgan fingerprint density at radius 1 is 1.64 bits per heavy atom. The van der Waals surface area contributed by atoms with Crippen molar-refractivity contribution in [2.45, 2.75) is 19.0 Å². The van der Waals surface area contributed by atoms with Crippen molar-refractivity contribution in [3.63, 3.8) is 0 Å². The van der Waals surface area contributed by atoms with Gasteiger partial charge in [-0.25, -0.2) is 4.98 Å². The minimum absolute atomic E-state index is 0.0548. The van der Waals surface area contributed by atoms with E-state index in [0.717, 1.165) is 17.1 Å². The van der Waals surface area contributed by atoms with Crippen LogP contribution in [-0.2, 0) is 6.54 Å². The first kappa shape index (κ1) is 8.14. The molecule has 3 heterocycles. The Morgan fingerprint density at radius 2 is 2.50 bits per heavy atom. The Kier molecular flexibility index (Phi) is 1.54. The molecule has 0 spiro atoms. The quantitative estimate of drug-likeness (QED) is 0.697. The highest BCUT2D eigenvalue weighted by atomic mass is 32.1. The molecule has 0 fully saturated rings. The number of hydrogen-bond acceptors (Lipinski definition) is 4. The molecule has 0 amide bonds. The summed E-state index contributed by atoms with van der Waals surface area (Å²) in [6.07, 6.45) is 0.819. The zero-order chi connectivity index (χ0) is 9.71. The summed E-state index contributed by atoms with van der Waals surface area (Å²) >= 11 is 1.49. The summed E-state index contributed by atoms with van der Waals surface area (Å²) in [4.78, 5) is 17.1. The fourth-order valence-electron chi connectivity index (χ4n) is 1.86. The Labute approximate surface area is 84.0 Å². The van der Waals surface area contributed by atoms with E-state index in [1.165, 1.54) is 11.3 Å². The number of hydrogen-bond donors (Lipinski definition) is 1. The molecule has 2 N–H and O–H groups in total. The van der Waals surface area contributed by atoms with E-state index < -0.39 is 0 Å². The van der Waals surface area contributed by atoms with Gasteiger partial charge in [0.2, 0.25) is 0 Å².